The molecule has 0 unspecified atom stereocenters. The fourth-order valence-electron chi connectivity index (χ4n) is 3.70. The molecule has 0 spiro atoms. The zero-order valence-electron chi connectivity index (χ0n) is 14.8. The molecule has 0 bridgehead atoms. The van der Waals surface area contributed by atoms with Crippen LogP contribution in [0.2, 0.25) is 0 Å². The highest BCUT2D eigenvalue weighted by molar-refractivity contribution is 5.47. The van der Waals surface area contributed by atoms with Crippen LogP contribution < -0.4 is 10.5 Å². The van der Waals surface area contributed by atoms with Crippen LogP contribution in [-0.4, -0.2) is 52.7 Å². The summed E-state index contributed by atoms with van der Waals surface area (Å²) in [7, 11) is 4.22. The molecule has 6 nitrogen and oxygen atoms in total. The fraction of sp³-hybridized carbons (Fsp3) is 0.368. The number of H-pyrrole nitrogens is 1. The third kappa shape index (κ3) is 2.82. The van der Waals surface area contributed by atoms with Crippen molar-refractivity contribution < 1.29 is 0 Å². The highest BCUT2D eigenvalue weighted by Gasteiger charge is 2.36. The predicted molar refractivity (Wildman–Crippen MR) is 99.4 cm³/mol. The molecule has 4 rings (SSSR count). The quantitative estimate of drug-likeness (QED) is 0.793. The molecule has 2 aromatic heterocycles. The monoisotopic (exact) mass is 337 g/mol. The molecule has 130 valence electrons. The van der Waals surface area contributed by atoms with Gasteiger partial charge in [0.15, 0.2) is 0 Å². The van der Waals surface area contributed by atoms with E-state index in [0.717, 1.165) is 13.1 Å². The number of rotatable bonds is 3. The maximum Gasteiger partial charge on any atom is 0.276 e. The van der Waals surface area contributed by atoms with Gasteiger partial charge in [-0.3, -0.25) is 9.78 Å². The number of hydrogen-bond donors (Lipinski definition) is 1. The molecule has 1 aliphatic rings. The number of aryl methyl sites for hydroxylation is 1. The van der Waals surface area contributed by atoms with E-state index in [1.54, 1.807) is 10.6 Å². The summed E-state index contributed by atoms with van der Waals surface area (Å²) in [6.07, 6.45) is 1.81. The van der Waals surface area contributed by atoms with E-state index in [2.05, 4.69) is 65.2 Å². The SMILES string of the molecule is Cc1ccc([C@@H]2CN(c3nn4cccc4c(=O)[nH]3)C[C@H]2N(C)C)cc1. The van der Waals surface area contributed by atoms with Crippen LogP contribution in [0.1, 0.15) is 17.0 Å². The third-order valence-corrected chi connectivity index (χ3v) is 5.15. The van der Waals surface area contributed by atoms with Gasteiger partial charge in [0.05, 0.1) is 0 Å². The first-order chi connectivity index (χ1) is 12.0. The van der Waals surface area contributed by atoms with Gasteiger partial charge in [-0.2, -0.15) is 0 Å². The Morgan fingerprint density at radius 2 is 1.92 bits per heavy atom. The average molecular weight is 337 g/mol. The van der Waals surface area contributed by atoms with Crippen molar-refractivity contribution in [2.24, 2.45) is 0 Å². The van der Waals surface area contributed by atoms with Crippen LogP contribution in [0.3, 0.4) is 0 Å². The molecule has 0 radical (unpaired) electrons. The summed E-state index contributed by atoms with van der Waals surface area (Å²) in [5.41, 5.74) is 3.07. The summed E-state index contributed by atoms with van der Waals surface area (Å²) in [6.45, 7) is 3.78. The summed E-state index contributed by atoms with van der Waals surface area (Å²) in [6, 6.07) is 12.7. The lowest BCUT2D eigenvalue weighted by molar-refractivity contribution is 0.292. The van der Waals surface area contributed by atoms with Gasteiger partial charge in [0.25, 0.3) is 5.56 Å². The van der Waals surface area contributed by atoms with Gasteiger partial charge in [0.2, 0.25) is 5.95 Å². The fourth-order valence-corrected chi connectivity index (χ4v) is 3.70. The molecule has 0 amide bonds. The topological polar surface area (TPSA) is 56.6 Å². The van der Waals surface area contributed by atoms with E-state index >= 15 is 0 Å². The van der Waals surface area contributed by atoms with Crippen molar-refractivity contribution in [2.45, 2.75) is 18.9 Å². The molecule has 1 saturated heterocycles. The molecule has 6 heteroatoms. The molecule has 0 saturated carbocycles. The van der Waals surface area contributed by atoms with E-state index in [0.29, 0.717) is 23.4 Å². The predicted octanol–water partition coefficient (Wildman–Crippen LogP) is 1.87. The molecular weight excluding hydrogens is 314 g/mol. The van der Waals surface area contributed by atoms with Gasteiger partial charge < -0.3 is 9.80 Å². The Hall–Kier alpha value is -2.60. The second-order valence-corrected chi connectivity index (χ2v) is 7.07. The number of fused-ring (bicyclic) bond motifs is 1. The Bertz CT molecular complexity index is 940. The largest absolute Gasteiger partial charge is 0.339 e. The van der Waals surface area contributed by atoms with Gasteiger partial charge in [-0.05, 0) is 38.7 Å². The zero-order chi connectivity index (χ0) is 17.6. The second-order valence-electron chi connectivity index (χ2n) is 7.07. The number of anilines is 1. The van der Waals surface area contributed by atoms with Crippen LogP contribution in [0.4, 0.5) is 5.95 Å². The van der Waals surface area contributed by atoms with Crippen molar-refractivity contribution in [1.82, 2.24) is 19.5 Å². The Morgan fingerprint density at radius 1 is 1.16 bits per heavy atom. The molecule has 1 aromatic carbocycles. The minimum absolute atomic E-state index is 0.102. The summed E-state index contributed by atoms with van der Waals surface area (Å²) in [5, 5.41) is 4.58. The first kappa shape index (κ1) is 15.9. The maximum absolute atomic E-state index is 12.3. The molecular formula is C19H23N5O. The molecule has 1 N–H and O–H groups in total. The minimum Gasteiger partial charge on any atom is -0.339 e. The maximum atomic E-state index is 12.3. The van der Waals surface area contributed by atoms with Gasteiger partial charge in [-0.1, -0.05) is 29.8 Å². The normalized spacial score (nSPS) is 20.7. The van der Waals surface area contributed by atoms with E-state index in [-0.39, 0.29) is 5.56 Å². The van der Waals surface area contributed by atoms with Crippen molar-refractivity contribution in [1.29, 1.82) is 0 Å². The standard InChI is InChI=1S/C19H23N5O/c1-13-6-8-14(9-7-13)15-11-23(12-17(15)22(2)3)19-20-18(25)16-5-4-10-24(16)21-19/h4-10,15,17H,11-12H2,1-3H3,(H,20,21,25)/t15-,17+/m0/s1. The number of hydrogen-bond acceptors (Lipinski definition) is 4. The van der Waals surface area contributed by atoms with Crippen LogP contribution >= 0.6 is 0 Å². The number of aromatic amines is 1. The summed E-state index contributed by atoms with van der Waals surface area (Å²) in [4.78, 5) is 19.6. The van der Waals surface area contributed by atoms with E-state index in [4.69, 9.17) is 0 Å². The number of nitrogens with zero attached hydrogens (tertiary/aromatic N) is 4. The van der Waals surface area contributed by atoms with Crippen LogP contribution in [0.5, 0.6) is 0 Å². The number of aromatic nitrogens is 3. The number of nitrogens with one attached hydrogen (secondary N) is 1. The van der Waals surface area contributed by atoms with Crippen LogP contribution in [0.25, 0.3) is 5.52 Å². The van der Waals surface area contributed by atoms with Crippen LogP contribution in [0.15, 0.2) is 47.4 Å². The lowest BCUT2D eigenvalue weighted by Crippen LogP contribution is -2.35. The Labute approximate surface area is 146 Å². The van der Waals surface area contributed by atoms with Crippen molar-refractivity contribution in [3.05, 3.63) is 64.1 Å². The molecule has 3 heterocycles. The number of benzene rings is 1. The van der Waals surface area contributed by atoms with E-state index in [9.17, 15) is 4.79 Å². The lowest BCUT2D eigenvalue weighted by atomic mass is 9.93. The highest BCUT2D eigenvalue weighted by Crippen LogP contribution is 2.31. The van der Waals surface area contributed by atoms with Crippen molar-refractivity contribution in [3.8, 4) is 0 Å². The van der Waals surface area contributed by atoms with Crippen molar-refractivity contribution >= 4 is 11.5 Å². The molecule has 2 atom stereocenters. The minimum atomic E-state index is -0.102. The average Bonchev–Trinajstić information content (AvgIpc) is 3.22. The first-order valence-electron chi connectivity index (χ1n) is 8.58. The smallest absolute Gasteiger partial charge is 0.276 e. The number of likely N-dealkylation sites (N-methyl/N-ethyl adjacent to an activating group) is 1. The van der Waals surface area contributed by atoms with E-state index in [1.165, 1.54) is 11.1 Å². The van der Waals surface area contributed by atoms with Crippen molar-refractivity contribution in [3.63, 3.8) is 0 Å². The molecule has 0 aliphatic carbocycles. The van der Waals surface area contributed by atoms with Crippen LogP contribution in [-0.2, 0) is 0 Å². The highest BCUT2D eigenvalue weighted by atomic mass is 16.1. The molecule has 1 fully saturated rings. The van der Waals surface area contributed by atoms with Gasteiger partial charge in [0.1, 0.15) is 5.52 Å². The van der Waals surface area contributed by atoms with E-state index in [1.807, 2.05) is 12.3 Å². The second kappa shape index (κ2) is 6.04. The van der Waals surface area contributed by atoms with Gasteiger partial charge in [0, 0.05) is 31.2 Å². The Kier molecular flexibility index (Phi) is 3.84. The van der Waals surface area contributed by atoms with Gasteiger partial charge >= 0.3 is 0 Å². The van der Waals surface area contributed by atoms with Crippen LogP contribution in [0, 0.1) is 6.92 Å². The summed E-state index contributed by atoms with van der Waals surface area (Å²) in [5.74, 6) is 1.01. The first-order valence-corrected chi connectivity index (χ1v) is 8.58. The third-order valence-electron chi connectivity index (χ3n) is 5.15. The van der Waals surface area contributed by atoms with E-state index < -0.39 is 0 Å². The molecule has 1 aliphatic heterocycles. The summed E-state index contributed by atoms with van der Waals surface area (Å²) < 4.78 is 1.65. The Balaban J connectivity index is 1.69. The van der Waals surface area contributed by atoms with Gasteiger partial charge in [-0.25, -0.2) is 4.52 Å². The molecule has 25 heavy (non-hydrogen) atoms. The summed E-state index contributed by atoms with van der Waals surface area (Å²) >= 11 is 0. The Morgan fingerprint density at radius 3 is 2.64 bits per heavy atom. The zero-order valence-corrected chi connectivity index (χ0v) is 14.8. The van der Waals surface area contributed by atoms with Gasteiger partial charge in [-0.15, -0.1) is 5.10 Å². The van der Waals surface area contributed by atoms with Crippen molar-refractivity contribution in [2.75, 3.05) is 32.1 Å². The molecule has 3 aromatic rings. The lowest BCUT2D eigenvalue weighted by Gasteiger charge is -2.25.